The first-order valence-corrected chi connectivity index (χ1v) is 9.26. The molecule has 0 saturated carbocycles. The van der Waals surface area contributed by atoms with Gasteiger partial charge >= 0.3 is 0 Å². The van der Waals surface area contributed by atoms with Crippen LogP contribution in [0, 0.1) is 0 Å². The van der Waals surface area contributed by atoms with Crippen LogP contribution in [0.4, 0.5) is 0 Å². The molecular formula is C17H13Cl2N3O2S. The first-order valence-electron chi connectivity index (χ1n) is 7.52. The van der Waals surface area contributed by atoms with Gasteiger partial charge in [-0.2, -0.15) is 0 Å². The van der Waals surface area contributed by atoms with E-state index in [0.29, 0.717) is 33.4 Å². The first kappa shape index (κ1) is 16.7. The molecule has 1 aromatic heterocycles. The zero-order valence-corrected chi connectivity index (χ0v) is 15.3. The maximum absolute atomic E-state index is 6.19. The summed E-state index contributed by atoms with van der Waals surface area (Å²) in [5.41, 5.74) is 2.91. The molecule has 0 saturated heterocycles. The van der Waals surface area contributed by atoms with Crippen molar-refractivity contribution in [3.05, 3.63) is 57.6 Å². The Bertz CT molecular complexity index is 899. The summed E-state index contributed by atoms with van der Waals surface area (Å²) in [5.74, 6) is 2.20. The maximum Gasteiger partial charge on any atom is 0.209 e. The van der Waals surface area contributed by atoms with Gasteiger partial charge in [0.05, 0.1) is 6.61 Å². The zero-order chi connectivity index (χ0) is 17.2. The maximum atomic E-state index is 6.19. The number of thioether (sulfide) groups is 1. The van der Waals surface area contributed by atoms with Crippen molar-refractivity contribution in [2.45, 2.75) is 17.5 Å². The lowest BCUT2D eigenvalue weighted by atomic mass is 10.1. The highest BCUT2D eigenvalue weighted by atomic mass is 35.5. The van der Waals surface area contributed by atoms with Gasteiger partial charge in [0, 0.05) is 32.5 Å². The molecule has 2 heterocycles. The van der Waals surface area contributed by atoms with Gasteiger partial charge in [0.1, 0.15) is 5.75 Å². The Morgan fingerprint density at radius 1 is 1.12 bits per heavy atom. The Kier molecular flexibility index (Phi) is 4.85. The Balaban J connectivity index is 1.51. The topological polar surface area (TPSA) is 60.0 Å². The number of benzene rings is 2. The van der Waals surface area contributed by atoms with Crippen LogP contribution in [-0.2, 0) is 17.1 Å². The summed E-state index contributed by atoms with van der Waals surface area (Å²) in [6, 6.07) is 11.2. The SMILES string of the molecule is Clc1ccc(-c2nc(SCc3cc(Cl)cc4c3OCOC4)n[nH]2)cc1. The van der Waals surface area contributed by atoms with Crippen molar-refractivity contribution in [3.63, 3.8) is 0 Å². The number of H-pyrrole nitrogens is 1. The number of aromatic nitrogens is 3. The van der Waals surface area contributed by atoms with Gasteiger partial charge in [-0.25, -0.2) is 4.98 Å². The molecule has 0 atom stereocenters. The summed E-state index contributed by atoms with van der Waals surface area (Å²) in [6.45, 7) is 0.766. The quantitative estimate of drug-likeness (QED) is 0.636. The van der Waals surface area contributed by atoms with E-state index < -0.39 is 0 Å². The van der Waals surface area contributed by atoms with E-state index >= 15 is 0 Å². The van der Waals surface area contributed by atoms with Crippen molar-refractivity contribution in [3.8, 4) is 17.1 Å². The van der Waals surface area contributed by atoms with Crippen molar-refractivity contribution >= 4 is 35.0 Å². The fourth-order valence-electron chi connectivity index (χ4n) is 2.55. The summed E-state index contributed by atoms with van der Waals surface area (Å²) in [6.07, 6.45) is 0. The Morgan fingerprint density at radius 3 is 2.80 bits per heavy atom. The normalized spacial score (nSPS) is 13.4. The molecule has 4 rings (SSSR count). The van der Waals surface area contributed by atoms with E-state index in [0.717, 1.165) is 22.4 Å². The number of fused-ring (bicyclic) bond motifs is 1. The van der Waals surface area contributed by atoms with E-state index in [9.17, 15) is 0 Å². The fourth-order valence-corrected chi connectivity index (χ4v) is 3.71. The second kappa shape index (κ2) is 7.25. The van der Waals surface area contributed by atoms with Crippen LogP contribution in [0.15, 0.2) is 41.6 Å². The standard InChI is InChI=1S/C17H13Cl2N3O2S/c18-13-3-1-10(2-4-13)16-20-17(22-21-16)25-8-12-6-14(19)5-11-7-23-9-24-15(11)12/h1-6H,7-9H2,(H,20,21,22). The number of nitrogens with one attached hydrogen (secondary N) is 1. The van der Waals surface area contributed by atoms with E-state index in [1.807, 2.05) is 36.4 Å². The van der Waals surface area contributed by atoms with Gasteiger partial charge < -0.3 is 9.47 Å². The minimum atomic E-state index is 0.258. The van der Waals surface area contributed by atoms with E-state index in [1.54, 1.807) is 0 Å². The second-order valence-corrected chi connectivity index (χ2v) is 7.24. The molecule has 0 spiro atoms. The molecule has 2 aromatic carbocycles. The van der Waals surface area contributed by atoms with Gasteiger partial charge in [0.2, 0.25) is 5.16 Å². The van der Waals surface area contributed by atoms with Crippen molar-refractivity contribution in [1.82, 2.24) is 15.2 Å². The molecule has 0 bridgehead atoms. The van der Waals surface area contributed by atoms with Crippen LogP contribution < -0.4 is 4.74 Å². The number of aromatic amines is 1. The number of halogens is 2. The van der Waals surface area contributed by atoms with Gasteiger partial charge in [0.15, 0.2) is 12.6 Å². The number of rotatable bonds is 4. The third-order valence-electron chi connectivity index (χ3n) is 3.69. The highest BCUT2D eigenvalue weighted by Crippen LogP contribution is 2.35. The summed E-state index contributed by atoms with van der Waals surface area (Å²) in [7, 11) is 0. The molecule has 1 N–H and O–H groups in total. The molecular weight excluding hydrogens is 381 g/mol. The molecule has 5 nitrogen and oxygen atoms in total. The molecule has 1 aliphatic rings. The Hall–Kier alpha value is -1.73. The predicted molar refractivity (Wildman–Crippen MR) is 98.1 cm³/mol. The average molecular weight is 394 g/mol. The van der Waals surface area contributed by atoms with Crippen molar-refractivity contribution in [2.75, 3.05) is 6.79 Å². The van der Waals surface area contributed by atoms with Crippen molar-refractivity contribution < 1.29 is 9.47 Å². The molecule has 0 unspecified atom stereocenters. The minimum absolute atomic E-state index is 0.258. The molecule has 8 heteroatoms. The van der Waals surface area contributed by atoms with E-state index in [-0.39, 0.29) is 6.79 Å². The van der Waals surface area contributed by atoms with Gasteiger partial charge in [-0.05, 0) is 36.4 Å². The number of hydrogen-bond acceptors (Lipinski definition) is 5. The molecule has 0 aliphatic carbocycles. The van der Waals surface area contributed by atoms with Gasteiger partial charge in [0.25, 0.3) is 0 Å². The molecule has 128 valence electrons. The summed E-state index contributed by atoms with van der Waals surface area (Å²) in [4.78, 5) is 4.51. The number of ether oxygens (including phenoxy) is 2. The van der Waals surface area contributed by atoms with Gasteiger partial charge in [-0.1, -0.05) is 35.0 Å². The Labute approximate surface area is 158 Å². The van der Waals surface area contributed by atoms with Crippen LogP contribution in [0.25, 0.3) is 11.4 Å². The fraction of sp³-hybridized carbons (Fsp3) is 0.176. The molecule has 0 radical (unpaired) electrons. The lowest BCUT2D eigenvalue weighted by Gasteiger charge is -2.20. The van der Waals surface area contributed by atoms with E-state index in [2.05, 4.69) is 15.2 Å². The zero-order valence-electron chi connectivity index (χ0n) is 13.0. The van der Waals surface area contributed by atoms with Crippen LogP contribution in [0.2, 0.25) is 10.0 Å². The average Bonchev–Trinajstić information content (AvgIpc) is 3.09. The smallest absolute Gasteiger partial charge is 0.209 e. The third-order valence-corrected chi connectivity index (χ3v) is 5.06. The van der Waals surface area contributed by atoms with Crippen LogP contribution in [0.5, 0.6) is 5.75 Å². The minimum Gasteiger partial charge on any atom is -0.467 e. The van der Waals surface area contributed by atoms with Crippen LogP contribution in [0.1, 0.15) is 11.1 Å². The number of nitrogens with zero attached hydrogens (tertiary/aromatic N) is 2. The predicted octanol–water partition coefficient (Wildman–Crippen LogP) is 4.94. The summed E-state index contributed by atoms with van der Waals surface area (Å²) < 4.78 is 10.9. The molecule has 0 amide bonds. The lowest BCUT2D eigenvalue weighted by molar-refractivity contribution is -0.0168. The van der Waals surface area contributed by atoms with Gasteiger partial charge in [-0.15, -0.1) is 5.10 Å². The molecule has 1 aliphatic heterocycles. The molecule has 25 heavy (non-hydrogen) atoms. The lowest BCUT2D eigenvalue weighted by Crippen LogP contribution is -2.12. The van der Waals surface area contributed by atoms with Crippen LogP contribution in [-0.4, -0.2) is 22.0 Å². The third kappa shape index (κ3) is 3.77. The van der Waals surface area contributed by atoms with Crippen molar-refractivity contribution in [2.24, 2.45) is 0 Å². The monoisotopic (exact) mass is 393 g/mol. The molecule has 3 aromatic rings. The van der Waals surface area contributed by atoms with Gasteiger partial charge in [-0.3, -0.25) is 5.10 Å². The van der Waals surface area contributed by atoms with Crippen LogP contribution in [0.3, 0.4) is 0 Å². The highest BCUT2D eigenvalue weighted by molar-refractivity contribution is 7.98. The number of hydrogen-bond donors (Lipinski definition) is 1. The van der Waals surface area contributed by atoms with Crippen molar-refractivity contribution in [1.29, 1.82) is 0 Å². The summed E-state index contributed by atoms with van der Waals surface area (Å²) in [5, 5.41) is 9.22. The Morgan fingerprint density at radius 2 is 1.96 bits per heavy atom. The first-order chi connectivity index (χ1) is 12.2. The largest absolute Gasteiger partial charge is 0.467 e. The van der Waals surface area contributed by atoms with E-state index in [1.165, 1.54) is 11.8 Å². The van der Waals surface area contributed by atoms with E-state index in [4.69, 9.17) is 32.7 Å². The highest BCUT2D eigenvalue weighted by Gasteiger charge is 2.17. The summed E-state index contributed by atoms with van der Waals surface area (Å²) >= 11 is 13.6. The second-order valence-electron chi connectivity index (χ2n) is 5.43. The molecule has 0 fully saturated rings. The van der Waals surface area contributed by atoms with Crippen LogP contribution >= 0.6 is 35.0 Å².